The fraction of sp³-hybridized carbons (Fsp3) is 0.308. The predicted octanol–water partition coefficient (Wildman–Crippen LogP) is 3.57. The van der Waals surface area contributed by atoms with Gasteiger partial charge in [0.1, 0.15) is 0 Å². The molecule has 0 aliphatic rings. The number of carboxylic acids is 1. The Morgan fingerprint density at radius 1 is 1.31 bits per heavy atom. The van der Waals surface area contributed by atoms with E-state index >= 15 is 0 Å². The second-order valence-electron chi connectivity index (χ2n) is 4.58. The van der Waals surface area contributed by atoms with Crippen LogP contribution < -0.4 is 0 Å². The Morgan fingerprint density at radius 3 is 2.62 bits per heavy atom. The molecule has 0 atom stereocenters. The predicted molar refractivity (Wildman–Crippen MR) is 67.2 cm³/mol. The molecule has 1 aromatic carbocycles. The summed E-state index contributed by atoms with van der Waals surface area (Å²) < 4.78 is 1.16. The van der Waals surface area contributed by atoms with Crippen LogP contribution in [0.3, 0.4) is 0 Å². The van der Waals surface area contributed by atoms with Crippen LogP contribution in [0.5, 0.6) is 0 Å². The Kier molecular flexibility index (Phi) is 2.50. The molecule has 1 N–H and O–H groups in total. The second kappa shape index (κ2) is 3.59. The highest BCUT2D eigenvalue weighted by atomic mass is 32.1. The molecule has 1 aromatic heterocycles. The van der Waals surface area contributed by atoms with E-state index in [2.05, 4.69) is 6.07 Å². The van der Waals surface area contributed by atoms with Gasteiger partial charge < -0.3 is 5.11 Å². The third-order valence-electron chi connectivity index (χ3n) is 2.83. The van der Waals surface area contributed by atoms with Crippen LogP contribution in [0.4, 0.5) is 0 Å². The second-order valence-corrected chi connectivity index (χ2v) is 5.67. The molecule has 2 rings (SSSR count). The molecule has 0 bridgehead atoms. The zero-order valence-electron chi connectivity index (χ0n) is 9.57. The number of aliphatic carboxylic acids is 1. The first-order valence-electron chi connectivity index (χ1n) is 5.15. The van der Waals surface area contributed by atoms with Crippen molar-refractivity contribution in [2.75, 3.05) is 0 Å². The summed E-state index contributed by atoms with van der Waals surface area (Å²) in [6, 6.07) is 8.17. The van der Waals surface area contributed by atoms with Crippen LogP contribution in [-0.4, -0.2) is 11.1 Å². The monoisotopic (exact) mass is 234 g/mol. The lowest BCUT2D eigenvalue weighted by molar-refractivity contribution is -0.142. The summed E-state index contributed by atoms with van der Waals surface area (Å²) in [6.45, 7) is 5.53. The van der Waals surface area contributed by atoms with Crippen molar-refractivity contribution in [2.24, 2.45) is 0 Å². The number of carboxylic acid groups (broad SMARTS) is 1. The SMILES string of the molecule is Cc1ccc2cc(C(C)(C)C(=O)O)sc2c1. The van der Waals surface area contributed by atoms with Crippen LogP contribution in [0.15, 0.2) is 24.3 Å². The van der Waals surface area contributed by atoms with E-state index in [1.165, 1.54) is 5.56 Å². The van der Waals surface area contributed by atoms with Gasteiger partial charge in [0.2, 0.25) is 0 Å². The first-order valence-corrected chi connectivity index (χ1v) is 5.97. The third kappa shape index (κ3) is 1.71. The lowest BCUT2D eigenvalue weighted by Crippen LogP contribution is -2.27. The van der Waals surface area contributed by atoms with Crippen LogP contribution in [0.2, 0.25) is 0 Å². The third-order valence-corrected chi connectivity index (χ3v) is 4.25. The minimum Gasteiger partial charge on any atom is -0.481 e. The number of aryl methyl sites for hydroxylation is 1. The van der Waals surface area contributed by atoms with Crippen LogP contribution in [0, 0.1) is 6.92 Å². The van der Waals surface area contributed by atoms with Crippen molar-refractivity contribution in [1.29, 1.82) is 0 Å². The van der Waals surface area contributed by atoms with Gasteiger partial charge in [-0.1, -0.05) is 12.1 Å². The summed E-state index contributed by atoms with van der Waals surface area (Å²) in [5.41, 5.74) is 0.395. The number of thiophene rings is 1. The molecule has 0 saturated heterocycles. The molecular weight excluding hydrogens is 220 g/mol. The topological polar surface area (TPSA) is 37.3 Å². The molecule has 3 heteroatoms. The van der Waals surface area contributed by atoms with E-state index in [0.717, 1.165) is 15.0 Å². The normalized spacial score (nSPS) is 11.9. The minimum atomic E-state index is -0.808. The smallest absolute Gasteiger partial charge is 0.314 e. The Hall–Kier alpha value is -1.35. The molecule has 1 heterocycles. The number of rotatable bonds is 2. The maximum Gasteiger partial charge on any atom is 0.314 e. The Labute approximate surface area is 98.5 Å². The van der Waals surface area contributed by atoms with Crippen LogP contribution in [0.1, 0.15) is 24.3 Å². The van der Waals surface area contributed by atoms with Crippen LogP contribution in [0.25, 0.3) is 10.1 Å². The van der Waals surface area contributed by atoms with Crippen molar-refractivity contribution in [3.05, 3.63) is 34.7 Å². The molecule has 0 amide bonds. The number of hydrogen-bond acceptors (Lipinski definition) is 2. The first-order chi connectivity index (χ1) is 7.41. The molecule has 0 fully saturated rings. The molecular formula is C13H14O2S. The molecule has 0 radical (unpaired) electrons. The summed E-state index contributed by atoms with van der Waals surface area (Å²) in [4.78, 5) is 12.1. The van der Waals surface area contributed by atoms with Gasteiger partial charge in [-0.2, -0.15) is 0 Å². The molecule has 0 aliphatic carbocycles. The largest absolute Gasteiger partial charge is 0.481 e. The van der Waals surface area contributed by atoms with Crippen molar-refractivity contribution in [3.8, 4) is 0 Å². The van der Waals surface area contributed by atoms with Crippen molar-refractivity contribution >= 4 is 27.4 Å². The van der Waals surface area contributed by atoms with E-state index in [9.17, 15) is 9.90 Å². The van der Waals surface area contributed by atoms with Crippen LogP contribution >= 0.6 is 11.3 Å². The lowest BCUT2D eigenvalue weighted by atomic mass is 9.91. The zero-order chi connectivity index (χ0) is 11.9. The van der Waals surface area contributed by atoms with Crippen molar-refractivity contribution in [3.63, 3.8) is 0 Å². The van der Waals surface area contributed by atoms with Gasteiger partial charge >= 0.3 is 5.97 Å². The molecule has 2 aromatic rings. The molecule has 0 aliphatic heterocycles. The highest BCUT2D eigenvalue weighted by Crippen LogP contribution is 2.35. The van der Waals surface area contributed by atoms with Gasteiger partial charge in [0.15, 0.2) is 0 Å². The summed E-state index contributed by atoms with van der Waals surface area (Å²) in [5.74, 6) is -0.782. The highest BCUT2D eigenvalue weighted by Gasteiger charge is 2.31. The molecule has 0 unspecified atom stereocenters. The van der Waals surface area contributed by atoms with Gasteiger partial charge in [-0.25, -0.2) is 0 Å². The summed E-state index contributed by atoms with van der Waals surface area (Å²) >= 11 is 1.57. The molecule has 84 valence electrons. The fourth-order valence-corrected chi connectivity index (χ4v) is 2.81. The summed E-state index contributed by atoms with van der Waals surface area (Å²) in [6.07, 6.45) is 0. The number of hydrogen-bond donors (Lipinski definition) is 1. The van der Waals surface area contributed by atoms with Gasteiger partial charge in [0, 0.05) is 9.58 Å². The standard InChI is InChI=1S/C13H14O2S/c1-8-4-5-9-7-11(16-10(9)6-8)13(2,3)12(14)15/h4-7H,1-3H3,(H,14,15). The number of fused-ring (bicyclic) bond motifs is 1. The van der Waals surface area contributed by atoms with Crippen molar-refractivity contribution in [2.45, 2.75) is 26.2 Å². The Balaban J connectivity index is 2.59. The van der Waals surface area contributed by atoms with Gasteiger partial charge in [-0.05, 0) is 43.9 Å². The van der Waals surface area contributed by atoms with E-state index in [1.807, 2.05) is 25.1 Å². The average molecular weight is 234 g/mol. The van der Waals surface area contributed by atoms with E-state index in [-0.39, 0.29) is 0 Å². The van der Waals surface area contributed by atoms with E-state index in [4.69, 9.17) is 0 Å². The lowest BCUT2D eigenvalue weighted by Gasteiger charge is -2.16. The van der Waals surface area contributed by atoms with Gasteiger partial charge in [0.25, 0.3) is 0 Å². The summed E-state index contributed by atoms with van der Waals surface area (Å²) in [7, 11) is 0. The van der Waals surface area contributed by atoms with Gasteiger partial charge in [-0.3, -0.25) is 4.79 Å². The first kappa shape index (κ1) is 11.1. The highest BCUT2D eigenvalue weighted by molar-refractivity contribution is 7.19. The van der Waals surface area contributed by atoms with E-state index in [1.54, 1.807) is 25.2 Å². The van der Waals surface area contributed by atoms with Crippen molar-refractivity contribution < 1.29 is 9.90 Å². The molecule has 16 heavy (non-hydrogen) atoms. The average Bonchev–Trinajstić information content (AvgIpc) is 2.60. The molecule has 2 nitrogen and oxygen atoms in total. The van der Waals surface area contributed by atoms with Gasteiger partial charge in [-0.15, -0.1) is 11.3 Å². The molecule has 0 saturated carbocycles. The van der Waals surface area contributed by atoms with E-state index < -0.39 is 11.4 Å². The zero-order valence-corrected chi connectivity index (χ0v) is 10.4. The number of carbonyl (C=O) groups is 1. The van der Waals surface area contributed by atoms with Gasteiger partial charge in [0.05, 0.1) is 5.41 Å². The quantitative estimate of drug-likeness (QED) is 0.862. The Morgan fingerprint density at radius 2 is 2.00 bits per heavy atom. The van der Waals surface area contributed by atoms with E-state index in [0.29, 0.717) is 0 Å². The maximum absolute atomic E-state index is 11.2. The summed E-state index contributed by atoms with van der Waals surface area (Å²) in [5, 5.41) is 10.3. The number of benzene rings is 1. The molecule has 0 spiro atoms. The minimum absolute atomic E-state index is 0.782. The maximum atomic E-state index is 11.2. The fourth-order valence-electron chi connectivity index (χ4n) is 1.55. The Bertz CT molecular complexity index is 552. The van der Waals surface area contributed by atoms with Crippen molar-refractivity contribution in [1.82, 2.24) is 0 Å². The van der Waals surface area contributed by atoms with Crippen LogP contribution in [-0.2, 0) is 10.2 Å².